The Bertz CT molecular complexity index is 1050. The minimum absolute atomic E-state index is 0.0186. The van der Waals surface area contributed by atoms with Gasteiger partial charge in [-0.1, -0.05) is 6.08 Å². The molecule has 2 rings (SSSR count). The first-order chi connectivity index (χ1) is 15.0. The second-order valence-corrected chi connectivity index (χ2v) is 9.83. The van der Waals surface area contributed by atoms with Gasteiger partial charge in [-0.25, -0.2) is 14.6 Å². The molecular formula is C23H28N2O5S2. The standard InChI is InChI=1S/C23H28N2O5S2/c1-7-23(6,24)18-16(20(27)29-8-2)17(21(28)30-9-3)19(32-18)25-12-14-10-11-15(31-14)22(4,5)13-26/h7,10-13H,1,8-9,24H2,2-6H3/b25-12+. The van der Waals surface area contributed by atoms with E-state index in [0.29, 0.717) is 4.88 Å². The number of hydrogen-bond donors (Lipinski definition) is 1. The van der Waals surface area contributed by atoms with E-state index in [9.17, 15) is 14.4 Å². The molecule has 2 aromatic heterocycles. The molecule has 0 saturated carbocycles. The predicted molar refractivity (Wildman–Crippen MR) is 129 cm³/mol. The number of aliphatic imine (C=N–C) groups is 1. The van der Waals surface area contributed by atoms with Crippen molar-refractivity contribution in [2.75, 3.05) is 13.2 Å². The lowest BCUT2D eigenvalue weighted by molar-refractivity contribution is -0.111. The highest BCUT2D eigenvalue weighted by atomic mass is 32.1. The van der Waals surface area contributed by atoms with Gasteiger partial charge in [0.25, 0.3) is 0 Å². The lowest BCUT2D eigenvalue weighted by atomic mass is 9.94. The summed E-state index contributed by atoms with van der Waals surface area (Å²) >= 11 is 2.53. The first kappa shape index (κ1) is 25.6. The minimum atomic E-state index is -1.09. The lowest BCUT2D eigenvalue weighted by Gasteiger charge is -2.19. The highest BCUT2D eigenvalue weighted by molar-refractivity contribution is 7.17. The first-order valence-electron chi connectivity index (χ1n) is 10.1. The fourth-order valence-electron chi connectivity index (χ4n) is 2.72. The minimum Gasteiger partial charge on any atom is -0.462 e. The molecule has 0 saturated heterocycles. The van der Waals surface area contributed by atoms with Crippen LogP contribution in [-0.4, -0.2) is 37.7 Å². The van der Waals surface area contributed by atoms with Crippen LogP contribution in [0.15, 0.2) is 29.8 Å². The third-order valence-corrected chi connectivity index (χ3v) is 7.34. The number of rotatable bonds is 10. The average molecular weight is 477 g/mol. The molecule has 0 amide bonds. The van der Waals surface area contributed by atoms with Crippen molar-refractivity contribution in [2.24, 2.45) is 10.7 Å². The number of nitrogens with two attached hydrogens (primary N) is 1. The summed E-state index contributed by atoms with van der Waals surface area (Å²) in [5.41, 5.74) is 4.72. The molecule has 1 atom stereocenters. The summed E-state index contributed by atoms with van der Waals surface area (Å²) in [5.74, 6) is -1.35. The summed E-state index contributed by atoms with van der Waals surface area (Å²) < 4.78 is 10.4. The van der Waals surface area contributed by atoms with Crippen LogP contribution < -0.4 is 5.73 Å². The molecule has 2 aromatic rings. The van der Waals surface area contributed by atoms with Crippen molar-refractivity contribution >= 4 is 52.1 Å². The molecule has 172 valence electrons. The lowest BCUT2D eigenvalue weighted by Crippen LogP contribution is -2.31. The van der Waals surface area contributed by atoms with E-state index in [1.165, 1.54) is 17.4 Å². The molecule has 0 aliphatic carbocycles. The Morgan fingerprint density at radius 1 is 1.09 bits per heavy atom. The number of nitrogens with zero attached hydrogens (tertiary/aromatic N) is 1. The number of hydrogen-bond acceptors (Lipinski definition) is 9. The Morgan fingerprint density at radius 3 is 2.22 bits per heavy atom. The fourth-order valence-corrected chi connectivity index (χ4v) is 4.84. The Labute approximate surface area is 196 Å². The monoisotopic (exact) mass is 476 g/mol. The smallest absolute Gasteiger partial charge is 0.342 e. The van der Waals surface area contributed by atoms with Crippen molar-refractivity contribution in [3.8, 4) is 0 Å². The maximum atomic E-state index is 12.8. The third kappa shape index (κ3) is 5.40. The largest absolute Gasteiger partial charge is 0.462 e. The van der Waals surface area contributed by atoms with E-state index >= 15 is 0 Å². The summed E-state index contributed by atoms with van der Waals surface area (Å²) in [6.45, 7) is 12.7. The van der Waals surface area contributed by atoms with Gasteiger partial charge in [0.1, 0.15) is 16.9 Å². The number of ether oxygens (including phenoxy) is 2. The normalized spacial score (nSPS) is 13.6. The van der Waals surface area contributed by atoms with Crippen LogP contribution in [0, 0.1) is 0 Å². The zero-order chi connectivity index (χ0) is 24.1. The van der Waals surface area contributed by atoms with Crippen LogP contribution >= 0.6 is 22.7 Å². The van der Waals surface area contributed by atoms with Crippen LogP contribution in [0.4, 0.5) is 5.00 Å². The van der Waals surface area contributed by atoms with Crippen molar-refractivity contribution in [2.45, 2.75) is 45.6 Å². The zero-order valence-corrected chi connectivity index (χ0v) is 20.5. The Kier molecular flexibility index (Phi) is 8.28. The molecule has 0 radical (unpaired) electrons. The number of thiophene rings is 2. The van der Waals surface area contributed by atoms with E-state index < -0.39 is 22.9 Å². The van der Waals surface area contributed by atoms with Gasteiger partial charge in [-0.3, -0.25) is 0 Å². The highest BCUT2D eigenvalue weighted by Gasteiger charge is 2.36. The summed E-state index contributed by atoms with van der Waals surface area (Å²) in [7, 11) is 0. The van der Waals surface area contributed by atoms with E-state index in [-0.39, 0.29) is 29.3 Å². The highest BCUT2D eigenvalue weighted by Crippen LogP contribution is 2.42. The SMILES string of the molecule is C=CC(C)(N)c1sc(/N=C/c2ccc(C(C)(C)C=O)s2)c(C(=O)OCC)c1C(=O)OCC. The van der Waals surface area contributed by atoms with Crippen LogP contribution in [-0.2, 0) is 25.2 Å². The predicted octanol–water partition coefficient (Wildman–Crippen LogP) is 4.75. The van der Waals surface area contributed by atoms with Crippen molar-refractivity contribution in [3.63, 3.8) is 0 Å². The van der Waals surface area contributed by atoms with Crippen LogP contribution in [0.25, 0.3) is 0 Å². The molecule has 0 spiro atoms. The van der Waals surface area contributed by atoms with Gasteiger partial charge in [-0.15, -0.1) is 29.3 Å². The van der Waals surface area contributed by atoms with Crippen molar-refractivity contribution in [1.82, 2.24) is 0 Å². The maximum absolute atomic E-state index is 12.8. The van der Waals surface area contributed by atoms with Crippen LogP contribution in [0.1, 0.15) is 70.0 Å². The molecule has 1 unspecified atom stereocenters. The molecule has 2 heterocycles. The Balaban J connectivity index is 2.65. The van der Waals surface area contributed by atoms with E-state index in [4.69, 9.17) is 15.2 Å². The second-order valence-electron chi connectivity index (χ2n) is 7.71. The number of esters is 2. The van der Waals surface area contributed by atoms with E-state index in [2.05, 4.69) is 11.6 Å². The topological polar surface area (TPSA) is 108 Å². The molecule has 9 heteroatoms. The first-order valence-corrected chi connectivity index (χ1v) is 11.7. The van der Waals surface area contributed by atoms with Crippen molar-refractivity contribution < 1.29 is 23.9 Å². The number of carbonyl (C=O) groups excluding carboxylic acids is 3. The molecule has 0 fully saturated rings. The summed E-state index contributed by atoms with van der Waals surface area (Å²) in [4.78, 5) is 43.5. The summed E-state index contributed by atoms with van der Waals surface area (Å²) in [6, 6.07) is 3.71. The molecular weight excluding hydrogens is 448 g/mol. The van der Waals surface area contributed by atoms with Gasteiger partial charge in [0.2, 0.25) is 0 Å². The molecule has 0 aliphatic heterocycles. The van der Waals surface area contributed by atoms with Crippen molar-refractivity contribution in [1.29, 1.82) is 0 Å². The van der Waals surface area contributed by atoms with Gasteiger partial charge in [-0.2, -0.15) is 0 Å². The van der Waals surface area contributed by atoms with Gasteiger partial charge >= 0.3 is 11.9 Å². The van der Waals surface area contributed by atoms with Crippen LogP contribution in [0.2, 0.25) is 0 Å². The fraction of sp³-hybridized carbons (Fsp3) is 0.391. The second kappa shape index (κ2) is 10.3. The molecule has 32 heavy (non-hydrogen) atoms. The van der Waals surface area contributed by atoms with E-state index in [1.54, 1.807) is 27.0 Å². The molecule has 2 N–H and O–H groups in total. The summed E-state index contributed by atoms with van der Waals surface area (Å²) in [5, 5.41) is 0.282. The van der Waals surface area contributed by atoms with Crippen LogP contribution in [0.5, 0.6) is 0 Å². The molecule has 0 bridgehead atoms. The third-order valence-electron chi connectivity index (χ3n) is 4.63. The van der Waals surface area contributed by atoms with Gasteiger partial charge < -0.3 is 20.0 Å². The average Bonchev–Trinajstić information content (AvgIpc) is 3.38. The van der Waals surface area contributed by atoms with Gasteiger partial charge in [-0.05, 0) is 46.8 Å². The zero-order valence-electron chi connectivity index (χ0n) is 18.9. The van der Waals surface area contributed by atoms with E-state index in [1.807, 2.05) is 26.0 Å². The number of aldehydes is 1. The molecule has 0 aromatic carbocycles. The Hall–Kier alpha value is -2.62. The Morgan fingerprint density at radius 2 is 1.69 bits per heavy atom. The van der Waals surface area contributed by atoms with E-state index in [0.717, 1.165) is 27.4 Å². The molecule has 7 nitrogen and oxygen atoms in total. The molecule has 0 aliphatic rings. The van der Waals surface area contributed by atoms with Crippen molar-refractivity contribution in [3.05, 3.63) is 50.5 Å². The van der Waals surface area contributed by atoms with Gasteiger partial charge in [0.05, 0.1) is 29.7 Å². The maximum Gasteiger partial charge on any atom is 0.342 e. The number of carbonyl (C=O) groups is 3. The summed E-state index contributed by atoms with van der Waals surface area (Å²) in [6.07, 6.45) is 3.98. The van der Waals surface area contributed by atoms with Gasteiger partial charge in [0, 0.05) is 20.8 Å². The van der Waals surface area contributed by atoms with Crippen LogP contribution in [0.3, 0.4) is 0 Å². The van der Waals surface area contributed by atoms with Gasteiger partial charge in [0.15, 0.2) is 0 Å². The quantitative estimate of drug-likeness (QED) is 0.229.